The molecule has 0 bridgehead atoms. The second-order valence-electron chi connectivity index (χ2n) is 1.23. The van der Waals surface area contributed by atoms with Crippen molar-refractivity contribution in [3.8, 4) is 0 Å². The van der Waals surface area contributed by atoms with Crippen molar-refractivity contribution in [2.24, 2.45) is 0 Å². The highest BCUT2D eigenvalue weighted by atomic mass is 35.5. The molecule has 0 amide bonds. The summed E-state index contributed by atoms with van der Waals surface area (Å²) < 4.78 is 0. The molecule has 44 valence electrons. The standard InChI is InChI=1S/C3H7Cl2NO/c1-6(7)2-3(4)5/h3,7H,2H2,1H3. The zero-order chi connectivity index (χ0) is 5.86. The van der Waals surface area contributed by atoms with Crippen LogP contribution in [0.2, 0.25) is 0 Å². The van der Waals surface area contributed by atoms with Crippen molar-refractivity contribution >= 4 is 23.2 Å². The van der Waals surface area contributed by atoms with Crippen LogP contribution in [0.5, 0.6) is 0 Å². The van der Waals surface area contributed by atoms with Gasteiger partial charge in [-0.25, -0.2) is 0 Å². The van der Waals surface area contributed by atoms with Gasteiger partial charge in [-0.3, -0.25) is 0 Å². The quantitative estimate of drug-likeness (QED) is 0.463. The van der Waals surface area contributed by atoms with Crippen molar-refractivity contribution in [3.05, 3.63) is 0 Å². The number of alkyl halides is 2. The fourth-order valence-electron chi connectivity index (χ4n) is 0.200. The lowest BCUT2D eigenvalue weighted by Crippen LogP contribution is -2.18. The van der Waals surface area contributed by atoms with Crippen molar-refractivity contribution in [2.45, 2.75) is 4.84 Å². The summed E-state index contributed by atoms with van der Waals surface area (Å²) in [6.07, 6.45) is 0. The molecule has 0 aliphatic rings. The molecule has 0 aromatic rings. The van der Waals surface area contributed by atoms with Gasteiger partial charge in [-0.2, -0.15) is 5.06 Å². The van der Waals surface area contributed by atoms with Crippen LogP contribution in [-0.4, -0.2) is 28.7 Å². The average molecular weight is 144 g/mol. The summed E-state index contributed by atoms with van der Waals surface area (Å²) in [5, 5.41) is 9.32. The number of hydrogen-bond donors (Lipinski definition) is 1. The molecule has 0 spiro atoms. The van der Waals surface area contributed by atoms with Crippen LogP contribution in [0.3, 0.4) is 0 Å². The largest absolute Gasteiger partial charge is 0.314 e. The highest BCUT2D eigenvalue weighted by molar-refractivity contribution is 6.44. The Kier molecular flexibility index (Phi) is 3.75. The second kappa shape index (κ2) is 3.50. The SMILES string of the molecule is CN(O)CC(Cl)Cl. The van der Waals surface area contributed by atoms with E-state index in [1.54, 1.807) is 0 Å². The molecule has 0 radical (unpaired) electrons. The van der Waals surface area contributed by atoms with Gasteiger partial charge in [-0.05, 0) is 0 Å². The summed E-state index contributed by atoms with van der Waals surface area (Å²) in [6.45, 7) is 0.281. The number of hydrogen-bond acceptors (Lipinski definition) is 2. The molecule has 1 N–H and O–H groups in total. The topological polar surface area (TPSA) is 23.5 Å². The molecule has 0 saturated heterocycles. The molecule has 0 aliphatic carbocycles. The Balaban J connectivity index is 2.95. The normalized spacial score (nSPS) is 11.1. The first-order chi connectivity index (χ1) is 3.13. The van der Waals surface area contributed by atoms with Gasteiger partial charge in [0.15, 0.2) is 0 Å². The molecular formula is C3H7Cl2NO. The lowest BCUT2D eigenvalue weighted by atomic mass is 10.7. The minimum atomic E-state index is -0.505. The second-order valence-corrected chi connectivity index (χ2v) is 2.51. The van der Waals surface area contributed by atoms with E-state index in [-0.39, 0.29) is 6.54 Å². The maximum absolute atomic E-state index is 8.39. The summed E-state index contributed by atoms with van der Waals surface area (Å²) in [4.78, 5) is -0.505. The summed E-state index contributed by atoms with van der Waals surface area (Å²) in [5.41, 5.74) is 0. The molecule has 0 rings (SSSR count). The lowest BCUT2D eigenvalue weighted by molar-refractivity contribution is -0.0607. The molecular weight excluding hydrogens is 137 g/mol. The van der Waals surface area contributed by atoms with Crippen molar-refractivity contribution in [1.82, 2.24) is 5.06 Å². The number of halogens is 2. The first-order valence-corrected chi connectivity index (χ1v) is 2.68. The van der Waals surface area contributed by atoms with Crippen molar-refractivity contribution in [3.63, 3.8) is 0 Å². The first kappa shape index (κ1) is 7.50. The maximum Gasteiger partial charge on any atom is 0.122 e. The third-order valence-corrected chi connectivity index (χ3v) is 0.678. The average Bonchev–Trinajstić information content (AvgIpc) is 1.27. The third-order valence-electron chi connectivity index (χ3n) is 0.402. The molecule has 0 aliphatic heterocycles. The van der Waals surface area contributed by atoms with Crippen LogP contribution in [0, 0.1) is 0 Å². The Bertz CT molecular complexity index is 42.2. The van der Waals surface area contributed by atoms with Crippen LogP contribution in [0.1, 0.15) is 0 Å². The van der Waals surface area contributed by atoms with Gasteiger partial charge in [0.2, 0.25) is 0 Å². The van der Waals surface area contributed by atoms with Gasteiger partial charge in [0.25, 0.3) is 0 Å². The molecule has 0 fully saturated rings. The molecule has 0 atom stereocenters. The fourth-order valence-corrected chi connectivity index (χ4v) is 0.599. The van der Waals surface area contributed by atoms with E-state index in [2.05, 4.69) is 0 Å². The Morgan fingerprint density at radius 2 is 2.14 bits per heavy atom. The van der Waals surface area contributed by atoms with Crippen molar-refractivity contribution < 1.29 is 5.21 Å². The van der Waals surface area contributed by atoms with E-state index >= 15 is 0 Å². The van der Waals surface area contributed by atoms with Gasteiger partial charge in [0, 0.05) is 7.05 Å². The Morgan fingerprint density at radius 1 is 1.71 bits per heavy atom. The fraction of sp³-hybridized carbons (Fsp3) is 1.00. The minimum absolute atomic E-state index is 0.281. The van der Waals surface area contributed by atoms with Gasteiger partial charge in [0.05, 0.1) is 6.54 Å². The molecule has 0 unspecified atom stereocenters. The summed E-state index contributed by atoms with van der Waals surface area (Å²) >= 11 is 10.5. The van der Waals surface area contributed by atoms with Gasteiger partial charge in [0.1, 0.15) is 4.84 Å². The van der Waals surface area contributed by atoms with Gasteiger partial charge in [-0.15, -0.1) is 23.2 Å². The lowest BCUT2D eigenvalue weighted by Gasteiger charge is -2.05. The van der Waals surface area contributed by atoms with Crippen LogP contribution in [0.4, 0.5) is 0 Å². The molecule has 0 saturated carbocycles. The van der Waals surface area contributed by atoms with Crippen molar-refractivity contribution in [2.75, 3.05) is 13.6 Å². The van der Waals surface area contributed by atoms with E-state index in [1.807, 2.05) is 0 Å². The zero-order valence-electron chi connectivity index (χ0n) is 3.93. The molecule has 4 heteroatoms. The highest BCUT2D eigenvalue weighted by Crippen LogP contribution is 2.00. The van der Waals surface area contributed by atoms with Crippen LogP contribution < -0.4 is 0 Å². The molecule has 0 aromatic carbocycles. The minimum Gasteiger partial charge on any atom is -0.314 e. The van der Waals surface area contributed by atoms with Crippen LogP contribution in [0.15, 0.2) is 0 Å². The van der Waals surface area contributed by atoms with Gasteiger partial charge >= 0.3 is 0 Å². The summed E-state index contributed by atoms with van der Waals surface area (Å²) in [7, 11) is 1.48. The summed E-state index contributed by atoms with van der Waals surface area (Å²) in [5.74, 6) is 0. The highest BCUT2D eigenvalue weighted by Gasteiger charge is 1.98. The Hall–Kier alpha value is 0.500. The number of rotatable bonds is 2. The predicted octanol–water partition coefficient (Wildman–Crippen LogP) is 1.11. The van der Waals surface area contributed by atoms with E-state index in [0.29, 0.717) is 0 Å². The van der Waals surface area contributed by atoms with Crippen LogP contribution >= 0.6 is 23.2 Å². The molecule has 0 heterocycles. The molecule has 2 nitrogen and oxygen atoms in total. The molecule has 0 aromatic heterocycles. The van der Waals surface area contributed by atoms with E-state index in [1.165, 1.54) is 7.05 Å². The Labute approximate surface area is 52.6 Å². The van der Waals surface area contributed by atoms with Crippen LogP contribution in [-0.2, 0) is 0 Å². The van der Waals surface area contributed by atoms with E-state index in [4.69, 9.17) is 28.4 Å². The van der Waals surface area contributed by atoms with E-state index in [9.17, 15) is 0 Å². The summed E-state index contributed by atoms with van der Waals surface area (Å²) in [6, 6.07) is 0. The maximum atomic E-state index is 8.39. The third kappa shape index (κ3) is 6.50. The zero-order valence-corrected chi connectivity index (χ0v) is 5.45. The first-order valence-electron chi connectivity index (χ1n) is 1.81. The Morgan fingerprint density at radius 3 is 2.14 bits per heavy atom. The van der Waals surface area contributed by atoms with Crippen LogP contribution in [0.25, 0.3) is 0 Å². The van der Waals surface area contributed by atoms with Gasteiger partial charge < -0.3 is 5.21 Å². The van der Waals surface area contributed by atoms with E-state index < -0.39 is 4.84 Å². The predicted molar refractivity (Wildman–Crippen MR) is 29.9 cm³/mol. The van der Waals surface area contributed by atoms with Gasteiger partial charge in [-0.1, -0.05) is 0 Å². The molecule has 7 heavy (non-hydrogen) atoms. The smallest absolute Gasteiger partial charge is 0.122 e. The number of hydroxylamine groups is 2. The monoisotopic (exact) mass is 143 g/mol. The number of nitrogens with zero attached hydrogens (tertiary/aromatic N) is 1. The van der Waals surface area contributed by atoms with E-state index in [0.717, 1.165) is 5.06 Å². The van der Waals surface area contributed by atoms with Crippen molar-refractivity contribution in [1.29, 1.82) is 0 Å².